The van der Waals surface area contributed by atoms with E-state index in [-0.39, 0.29) is 23.7 Å². The van der Waals surface area contributed by atoms with E-state index in [9.17, 15) is 14.9 Å². The van der Waals surface area contributed by atoms with E-state index in [2.05, 4.69) is 35.1 Å². The summed E-state index contributed by atoms with van der Waals surface area (Å²) in [7, 11) is 1.44. The van der Waals surface area contributed by atoms with Crippen molar-refractivity contribution in [3.8, 4) is 11.5 Å². The van der Waals surface area contributed by atoms with E-state index in [0.717, 1.165) is 10.2 Å². The zero-order valence-electron chi connectivity index (χ0n) is 16.0. The number of hydrogen-bond acceptors (Lipinski definition) is 5. The Morgan fingerprint density at radius 1 is 1.21 bits per heavy atom. The molecule has 2 aromatic rings. The van der Waals surface area contributed by atoms with E-state index < -0.39 is 4.92 Å². The van der Waals surface area contributed by atoms with Crippen LogP contribution in [-0.2, 0) is 4.79 Å². The van der Waals surface area contributed by atoms with Crippen molar-refractivity contribution in [1.82, 2.24) is 0 Å². The second-order valence-electron chi connectivity index (χ2n) is 6.49. The van der Waals surface area contributed by atoms with Crippen LogP contribution in [0.25, 0.3) is 0 Å². The van der Waals surface area contributed by atoms with Crippen LogP contribution in [0.3, 0.4) is 0 Å². The maximum absolute atomic E-state index is 12.2. The molecular formula is C20H23BrN2O5. The number of hydrogen-bond donors (Lipinski definition) is 1. The average Bonchev–Trinajstić information content (AvgIpc) is 2.65. The number of rotatable bonds is 9. The Kier molecular flexibility index (Phi) is 7.80. The maximum atomic E-state index is 12.2. The number of methoxy groups -OCH3 is 1. The van der Waals surface area contributed by atoms with Crippen LogP contribution in [0.5, 0.6) is 11.5 Å². The van der Waals surface area contributed by atoms with Crippen LogP contribution in [0.4, 0.5) is 11.4 Å². The highest BCUT2D eigenvalue weighted by atomic mass is 79.9. The summed E-state index contributed by atoms with van der Waals surface area (Å²) in [5.74, 6) is 1.26. The van der Waals surface area contributed by atoms with Gasteiger partial charge in [0.2, 0.25) is 5.91 Å². The summed E-state index contributed by atoms with van der Waals surface area (Å²) in [4.78, 5) is 22.5. The molecule has 0 fully saturated rings. The van der Waals surface area contributed by atoms with Crippen molar-refractivity contribution in [2.75, 3.05) is 19.0 Å². The number of amides is 1. The van der Waals surface area contributed by atoms with Gasteiger partial charge in [-0.2, -0.15) is 0 Å². The third-order valence-electron chi connectivity index (χ3n) is 4.10. The standard InChI is InChI=1S/C20H23BrN2O5/c1-13(2)14-6-8-18(16(21)11-14)28-10-4-5-20(24)22-17-12-15(23(25)26)7-9-19(17)27-3/h6-9,11-13H,4-5,10H2,1-3H3,(H,22,24). The summed E-state index contributed by atoms with van der Waals surface area (Å²) in [5.41, 5.74) is 1.37. The monoisotopic (exact) mass is 450 g/mol. The molecule has 0 saturated heterocycles. The van der Waals surface area contributed by atoms with Crippen molar-refractivity contribution in [3.63, 3.8) is 0 Å². The minimum absolute atomic E-state index is 0.117. The van der Waals surface area contributed by atoms with E-state index in [1.807, 2.05) is 18.2 Å². The van der Waals surface area contributed by atoms with Crippen molar-refractivity contribution >= 4 is 33.2 Å². The third-order valence-corrected chi connectivity index (χ3v) is 4.72. The normalized spacial score (nSPS) is 10.6. The molecule has 2 rings (SSSR count). The van der Waals surface area contributed by atoms with Crippen LogP contribution < -0.4 is 14.8 Å². The van der Waals surface area contributed by atoms with Gasteiger partial charge >= 0.3 is 0 Å². The lowest BCUT2D eigenvalue weighted by Crippen LogP contribution is -2.13. The Labute approximate surface area is 172 Å². The molecule has 0 atom stereocenters. The minimum Gasteiger partial charge on any atom is -0.495 e. The molecule has 0 heterocycles. The van der Waals surface area contributed by atoms with Crippen molar-refractivity contribution in [2.24, 2.45) is 0 Å². The van der Waals surface area contributed by atoms with Crippen LogP contribution in [0, 0.1) is 10.1 Å². The van der Waals surface area contributed by atoms with Gasteiger partial charge in [-0.3, -0.25) is 14.9 Å². The number of anilines is 1. The van der Waals surface area contributed by atoms with Crippen LogP contribution in [0.2, 0.25) is 0 Å². The van der Waals surface area contributed by atoms with E-state index in [4.69, 9.17) is 9.47 Å². The first-order chi connectivity index (χ1) is 13.3. The Morgan fingerprint density at radius 2 is 1.93 bits per heavy atom. The van der Waals surface area contributed by atoms with Gasteiger partial charge in [0, 0.05) is 18.6 Å². The molecule has 0 aliphatic carbocycles. The lowest BCUT2D eigenvalue weighted by molar-refractivity contribution is -0.384. The van der Waals surface area contributed by atoms with Crippen LogP contribution in [-0.4, -0.2) is 24.5 Å². The summed E-state index contributed by atoms with van der Waals surface area (Å²) in [6, 6.07) is 10.0. The summed E-state index contributed by atoms with van der Waals surface area (Å²) in [6.07, 6.45) is 0.717. The molecule has 7 nitrogen and oxygen atoms in total. The van der Waals surface area contributed by atoms with Crippen LogP contribution in [0.1, 0.15) is 38.2 Å². The van der Waals surface area contributed by atoms with Crippen molar-refractivity contribution < 1.29 is 19.2 Å². The van der Waals surface area contributed by atoms with Gasteiger partial charge in [0.25, 0.3) is 5.69 Å². The Bertz CT molecular complexity index is 854. The molecule has 0 aliphatic rings. The number of ether oxygens (including phenoxy) is 2. The molecule has 1 N–H and O–H groups in total. The van der Waals surface area contributed by atoms with E-state index in [1.165, 1.54) is 30.9 Å². The van der Waals surface area contributed by atoms with E-state index in [1.54, 1.807) is 0 Å². The smallest absolute Gasteiger partial charge is 0.271 e. The number of nitro benzene ring substituents is 1. The summed E-state index contributed by atoms with van der Waals surface area (Å²) in [5, 5.41) is 13.6. The molecule has 0 aliphatic heterocycles. The molecule has 0 spiro atoms. The molecule has 28 heavy (non-hydrogen) atoms. The molecule has 150 valence electrons. The van der Waals surface area contributed by atoms with Crippen LogP contribution in [0.15, 0.2) is 40.9 Å². The average molecular weight is 451 g/mol. The summed E-state index contributed by atoms with van der Waals surface area (Å²) >= 11 is 3.50. The highest BCUT2D eigenvalue weighted by Gasteiger charge is 2.14. The zero-order valence-corrected chi connectivity index (χ0v) is 17.6. The SMILES string of the molecule is COc1ccc([N+](=O)[O-])cc1NC(=O)CCCOc1ccc(C(C)C)cc1Br. The molecule has 0 saturated carbocycles. The highest BCUT2D eigenvalue weighted by Crippen LogP contribution is 2.30. The molecule has 2 aromatic carbocycles. The highest BCUT2D eigenvalue weighted by molar-refractivity contribution is 9.10. The first kappa shape index (κ1) is 21.7. The van der Waals surface area contributed by atoms with Gasteiger partial charge in [-0.25, -0.2) is 0 Å². The van der Waals surface area contributed by atoms with Gasteiger partial charge in [0.15, 0.2) is 0 Å². The third kappa shape index (κ3) is 5.95. The number of nitrogens with zero attached hydrogens (tertiary/aromatic N) is 1. The molecule has 0 radical (unpaired) electrons. The predicted molar refractivity (Wildman–Crippen MR) is 111 cm³/mol. The number of carbonyl (C=O) groups excluding carboxylic acids is 1. The van der Waals surface area contributed by atoms with E-state index >= 15 is 0 Å². The fourth-order valence-electron chi connectivity index (χ4n) is 2.53. The molecule has 0 aromatic heterocycles. The van der Waals surface area contributed by atoms with Gasteiger partial charge < -0.3 is 14.8 Å². The van der Waals surface area contributed by atoms with Gasteiger partial charge in [-0.1, -0.05) is 19.9 Å². The van der Waals surface area contributed by atoms with Gasteiger partial charge in [0.05, 0.1) is 28.8 Å². The summed E-state index contributed by atoms with van der Waals surface area (Å²) in [6.45, 7) is 4.62. The van der Waals surface area contributed by atoms with E-state index in [0.29, 0.717) is 24.7 Å². The summed E-state index contributed by atoms with van der Waals surface area (Å²) < 4.78 is 11.7. The second kappa shape index (κ2) is 10.1. The second-order valence-corrected chi connectivity index (χ2v) is 7.34. The van der Waals surface area contributed by atoms with Crippen molar-refractivity contribution in [3.05, 3.63) is 56.5 Å². The predicted octanol–water partition coefficient (Wildman–Crippen LogP) is 5.29. The fourth-order valence-corrected chi connectivity index (χ4v) is 3.04. The quantitative estimate of drug-likeness (QED) is 0.318. The number of nitrogens with one attached hydrogen (secondary N) is 1. The molecule has 0 unspecified atom stereocenters. The number of benzene rings is 2. The first-order valence-corrected chi connectivity index (χ1v) is 9.65. The molecule has 8 heteroatoms. The van der Waals surface area contributed by atoms with Gasteiger partial charge in [0.1, 0.15) is 11.5 Å². The first-order valence-electron chi connectivity index (χ1n) is 8.86. The number of nitro groups is 1. The van der Waals surface area contributed by atoms with Crippen molar-refractivity contribution in [1.29, 1.82) is 0 Å². The Morgan fingerprint density at radius 3 is 2.54 bits per heavy atom. The largest absolute Gasteiger partial charge is 0.495 e. The maximum Gasteiger partial charge on any atom is 0.271 e. The van der Waals surface area contributed by atoms with Gasteiger partial charge in [-0.05, 0) is 52.0 Å². The number of non-ortho nitro benzene ring substituents is 1. The lowest BCUT2D eigenvalue weighted by Gasteiger charge is -2.12. The number of halogens is 1. The van der Waals surface area contributed by atoms with Crippen molar-refractivity contribution in [2.45, 2.75) is 32.6 Å². The molecular weight excluding hydrogens is 428 g/mol. The van der Waals surface area contributed by atoms with Crippen LogP contribution >= 0.6 is 15.9 Å². The number of carbonyl (C=O) groups is 1. The lowest BCUT2D eigenvalue weighted by atomic mass is 10.0. The van der Waals surface area contributed by atoms with Gasteiger partial charge in [-0.15, -0.1) is 0 Å². The fraction of sp³-hybridized carbons (Fsp3) is 0.350. The zero-order chi connectivity index (χ0) is 20.7. The topological polar surface area (TPSA) is 90.7 Å². The Balaban J connectivity index is 1.87. The molecule has 0 bridgehead atoms. The Hall–Kier alpha value is -2.61. The molecule has 1 amide bonds. The minimum atomic E-state index is -0.522.